The molecule has 3 rings (SSSR count). The Morgan fingerprint density at radius 3 is 2.93 bits per heavy atom. The molecule has 2 bridgehead atoms. The molecule has 3 heteroatoms. The van der Waals surface area contributed by atoms with Gasteiger partial charge in [0, 0.05) is 18.4 Å². The van der Waals surface area contributed by atoms with Gasteiger partial charge in [0.05, 0.1) is 5.92 Å². The molecule has 1 heterocycles. The van der Waals surface area contributed by atoms with Crippen molar-refractivity contribution in [1.29, 1.82) is 0 Å². The second-order valence-electron chi connectivity index (χ2n) is 5.03. The summed E-state index contributed by atoms with van der Waals surface area (Å²) in [6.45, 7) is 3.88. The monoisotopic (exact) mass is 208 g/mol. The molecule has 0 spiro atoms. The molecule has 2 aliphatic carbocycles. The molecule has 0 aromatic rings. The molecule has 2 saturated carbocycles. The Kier molecular flexibility index (Phi) is 1.93. The number of aliphatic hydroxyl groups is 1. The van der Waals surface area contributed by atoms with Crippen molar-refractivity contribution in [2.45, 2.75) is 18.9 Å². The number of hydrogen-bond acceptors (Lipinski definition) is 3. The zero-order valence-corrected chi connectivity index (χ0v) is 8.63. The molecular formula is C12H16O3. The lowest BCUT2D eigenvalue weighted by molar-refractivity contribution is -0.145. The van der Waals surface area contributed by atoms with Gasteiger partial charge < -0.3 is 9.84 Å². The van der Waals surface area contributed by atoms with Crippen LogP contribution in [0.1, 0.15) is 12.8 Å². The van der Waals surface area contributed by atoms with E-state index < -0.39 is 0 Å². The van der Waals surface area contributed by atoms with E-state index in [9.17, 15) is 9.90 Å². The summed E-state index contributed by atoms with van der Waals surface area (Å²) in [6.07, 6.45) is 3.99. The predicted molar refractivity (Wildman–Crippen MR) is 53.8 cm³/mol. The Morgan fingerprint density at radius 2 is 2.27 bits per heavy atom. The summed E-state index contributed by atoms with van der Waals surface area (Å²) in [5.41, 5.74) is 0. The van der Waals surface area contributed by atoms with Crippen LogP contribution in [0.5, 0.6) is 0 Å². The van der Waals surface area contributed by atoms with Gasteiger partial charge in [0.2, 0.25) is 0 Å². The first-order valence-electron chi connectivity index (χ1n) is 5.70. The second kappa shape index (κ2) is 3.08. The number of aliphatic hydroxyl groups excluding tert-OH is 1. The largest absolute Gasteiger partial charge is 0.461 e. The number of ether oxygens (including phenoxy) is 1. The first-order valence-corrected chi connectivity index (χ1v) is 5.70. The predicted octanol–water partition coefficient (Wildman–Crippen LogP) is 0.978. The van der Waals surface area contributed by atoms with Crippen molar-refractivity contribution >= 4 is 5.97 Å². The number of hydrogen-bond donors (Lipinski definition) is 1. The van der Waals surface area contributed by atoms with Gasteiger partial charge in [0.1, 0.15) is 6.10 Å². The van der Waals surface area contributed by atoms with Crippen LogP contribution in [0.3, 0.4) is 0 Å². The Bertz CT molecular complexity index is 312. The summed E-state index contributed by atoms with van der Waals surface area (Å²) < 4.78 is 5.44. The molecule has 3 nitrogen and oxygen atoms in total. The molecule has 6 atom stereocenters. The van der Waals surface area contributed by atoms with Crippen LogP contribution in [-0.2, 0) is 9.53 Å². The van der Waals surface area contributed by atoms with E-state index in [1.165, 1.54) is 0 Å². The molecule has 0 amide bonds. The smallest absolute Gasteiger partial charge is 0.310 e. The Hall–Kier alpha value is -0.830. The average Bonchev–Trinajstić information content (AvgIpc) is 2.80. The van der Waals surface area contributed by atoms with E-state index in [0.717, 1.165) is 12.8 Å². The molecule has 3 aliphatic rings. The molecule has 3 fully saturated rings. The lowest BCUT2D eigenvalue weighted by Gasteiger charge is -2.29. The van der Waals surface area contributed by atoms with Crippen molar-refractivity contribution in [3.05, 3.63) is 12.7 Å². The quantitative estimate of drug-likeness (QED) is 0.555. The highest BCUT2D eigenvalue weighted by atomic mass is 16.6. The summed E-state index contributed by atoms with van der Waals surface area (Å²) in [7, 11) is 0. The summed E-state index contributed by atoms with van der Waals surface area (Å²) in [6, 6.07) is 0. The molecule has 15 heavy (non-hydrogen) atoms. The van der Waals surface area contributed by atoms with E-state index >= 15 is 0 Å². The SMILES string of the molecule is C=CC[C@H]1[C@H]2C[C@H]3[C@@H]1OC(=O)[C@H]3[C@H]2CO. The van der Waals surface area contributed by atoms with Crippen molar-refractivity contribution in [2.24, 2.45) is 29.6 Å². The highest BCUT2D eigenvalue weighted by Crippen LogP contribution is 2.61. The molecule has 0 aromatic carbocycles. The summed E-state index contributed by atoms with van der Waals surface area (Å²) in [5.74, 6) is 1.33. The number of fused-ring (bicyclic) bond motifs is 1. The number of allylic oxidation sites excluding steroid dienone is 1. The third kappa shape index (κ3) is 1.02. The van der Waals surface area contributed by atoms with Crippen molar-refractivity contribution < 1.29 is 14.6 Å². The van der Waals surface area contributed by atoms with Crippen LogP contribution in [-0.4, -0.2) is 23.8 Å². The van der Waals surface area contributed by atoms with Gasteiger partial charge in [-0.2, -0.15) is 0 Å². The Balaban J connectivity index is 1.93. The first kappa shape index (κ1) is 9.40. The fraction of sp³-hybridized carbons (Fsp3) is 0.750. The van der Waals surface area contributed by atoms with Crippen molar-refractivity contribution in [3.8, 4) is 0 Å². The standard InChI is InChI=1S/C12H16O3/c1-2-3-6-7-4-8-10(9(7)5-13)12(14)15-11(6)8/h2,6-11,13H,1,3-5H2/t6-,7+,8+,9-,10+,11+/m0/s1. The van der Waals surface area contributed by atoms with Crippen LogP contribution in [0.4, 0.5) is 0 Å². The van der Waals surface area contributed by atoms with E-state index in [2.05, 4.69) is 6.58 Å². The van der Waals surface area contributed by atoms with Gasteiger partial charge in [-0.05, 0) is 24.7 Å². The molecule has 0 unspecified atom stereocenters. The van der Waals surface area contributed by atoms with Crippen LogP contribution in [0.25, 0.3) is 0 Å². The molecule has 0 aromatic heterocycles. The van der Waals surface area contributed by atoms with Gasteiger partial charge in [-0.15, -0.1) is 6.58 Å². The van der Waals surface area contributed by atoms with Gasteiger partial charge in [0.25, 0.3) is 0 Å². The average molecular weight is 208 g/mol. The van der Waals surface area contributed by atoms with Crippen molar-refractivity contribution in [2.75, 3.05) is 6.61 Å². The van der Waals surface area contributed by atoms with Gasteiger partial charge in [-0.3, -0.25) is 4.79 Å². The molecular weight excluding hydrogens is 192 g/mol. The Labute approximate surface area is 89.1 Å². The van der Waals surface area contributed by atoms with Crippen molar-refractivity contribution in [3.63, 3.8) is 0 Å². The van der Waals surface area contributed by atoms with Crippen LogP contribution >= 0.6 is 0 Å². The second-order valence-corrected chi connectivity index (χ2v) is 5.03. The highest BCUT2D eigenvalue weighted by molar-refractivity contribution is 5.77. The minimum atomic E-state index is -0.0712. The number of carbonyl (C=O) groups is 1. The fourth-order valence-electron chi connectivity index (χ4n) is 4.10. The Morgan fingerprint density at radius 1 is 1.47 bits per heavy atom. The first-order chi connectivity index (χ1) is 7.27. The van der Waals surface area contributed by atoms with Gasteiger partial charge in [0.15, 0.2) is 0 Å². The van der Waals surface area contributed by atoms with E-state index in [4.69, 9.17) is 4.74 Å². The maximum atomic E-state index is 11.7. The minimum Gasteiger partial charge on any atom is -0.461 e. The van der Waals surface area contributed by atoms with Gasteiger partial charge in [-0.1, -0.05) is 6.08 Å². The van der Waals surface area contributed by atoms with E-state index in [1.54, 1.807) is 0 Å². The van der Waals surface area contributed by atoms with Gasteiger partial charge in [-0.25, -0.2) is 0 Å². The summed E-state index contributed by atoms with van der Waals surface area (Å²) in [4.78, 5) is 11.7. The van der Waals surface area contributed by atoms with Crippen LogP contribution in [0.15, 0.2) is 12.7 Å². The zero-order valence-electron chi connectivity index (χ0n) is 8.63. The maximum absolute atomic E-state index is 11.7. The van der Waals surface area contributed by atoms with Crippen LogP contribution in [0, 0.1) is 29.6 Å². The molecule has 1 aliphatic heterocycles. The van der Waals surface area contributed by atoms with Crippen LogP contribution in [0.2, 0.25) is 0 Å². The minimum absolute atomic E-state index is 0.00827. The summed E-state index contributed by atoms with van der Waals surface area (Å²) >= 11 is 0. The third-order valence-corrected chi connectivity index (χ3v) is 4.58. The molecule has 82 valence electrons. The van der Waals surface area contributed by atoms with E-state index in [-0.39, 0.29) is 30.5 Å². The third-order valence-electron chi connectivity index (χ3n) is 4.58. The molecule has 1 saturated heterocycles. The fourth-order valence-corrected chi connectivity index (χ4v) is 4.10. The lowest BCUT2D eigenvalue weighted by atomic mass is 9.73. The molecule has 0 radical (unpaired) electrons. The maximum Gasteiger partial charge on any atom is 0.310 e. The number of esters is 1. The van der Waals surface area contributed by atoms with E-state index in [1.807, 2.05) is 6.08 Å². The molecule has 1 N–H and O–H groups in total. The number of rotatable bonds is 3. The summed E-state index contributed by atoms with van der Waals surface area (Å²) in [5, 5.41) is 9.38. The zero-order chi connectivity index (χ0) is 10.6. The highest BCUT2D eigenvalue weighted by Gasteiger charge is 2.65. The normalized spacial score (nSPS) is 50.9. The topological polar surface area (TPSA) is 46.5 Å². The van der Waals surface area contributed by atoms with Gasteiger partial charge >= 0.3 is 5.97 Å². The van der Waals surface area contributed by atoms with E-state index in [0.29, 0.717) is 17.8 Å². The lowest BCUT2D eigenvalue weighted by Crippen LogP contribution is -2.34. The van der Waals surface area contributed by atoms with Crippen LogP contribution < -0.4 is 0 Å². The number of carbonyl (C=O) groups excluding carboxylic acids is 1. The van der Waals surface area contributed by atoms with Crippen molar-refractivity contribution in [1.82, 2.24) is 0 Å².